The van der Waals surface area contributed by atoms with E-state index < -0.39 is 0 Å². The van der Waals surface area contributed by atoms with Crippen molar-refractivity contribution < 1.29 is 4.42 Å². The van der Waals surface area contributed by atoms with Gasteiger partial charge in [-0.15, -0.1) is 10.2 Å². The van der Waals surface area contributed by atoms with Crippen LogP contribution in [0.2, 0.25) is 0 Å². The molecule has 0 N–H and O–H groups in total. The van der Waals surface area contributed by atoms with Gasteiger partial charge in [0.1, 0.15) is 0 Å². The molecule has 1 aromatic heterocycles. The Kier molecular flexibility index (Phi) is 2.87. The molecule has 72 valence electrons. The average Bonchev–Trinajstić information content (AvgIpc) is 2.51. The lowest BCUT2D eigenvalue weighted by atomic mass is 10.1. The van der Waals surface area contributed by atoms with Gasteiger partial charge in [0.25, 0.3) is 3.90 Å². The molecule has 0 aliphatic heterocycles. The maximum Gasteiger partial charge on any atom is 0.278 e. The smallest absolute Gasteiger partial charge is 0.278 e. The molecular formula is C9H6BrIN2O. The Hall–Kier alpha value is -0.430. The zero-order chi connectivity index (χ0) is 10.1. The normalized spacial score (nSPS) is 10.5. The van der Waals surface area contributed by atoms with Crippen LogP contribution in [0.5, 0.6) is 0 Å². The topological polar surface area (TPSA) is 38.9 Å². The van der Waals surface area contributed by atoms with Crippen molar-refractivity contribution in [3.05, 3.63) is 32.1 Å². The standard InChI is InChI=1S/C9H6BrIN2O/c1-5-4-6(10)2-3-7(5)8-12-13-9(11)14-8/h2-4H,1H3. The zero-order valence-corrected chi connectivity index (χ0v) is 11.0. The summed E-state index contributed by atoms with van der Waals surface area (Å²) in [6.07, 6.45) is 0. The summed E-state index contributed by atoms with van der Waals surface area (Å²) in [6, 6.07) is 5.94. The fraction of sp³-hybridized carbons (Fsp3) is 0.111. The minimum atomic E-state index is 0.555. The monoisotopic (exact) mass is 364 g/mol. The third-order valence-corrected chi connectivity index (χ3v) is 2.75. The molecule has 3 nitrogen and oxygen atoms in total. The van der Waals surface area contributed by atoms with Gasteiger partial charge in [-0.2, -0.15) is 0 Å². The van der Waals surface area contributed by atoms with Crippen LogP contribution >= 0.6 is 38.5 Å². The number of rotatable bonds is 1. The Bertz CT molecular complexity index is 470. The summed E-state index contributed by atoms with van der Waals surface area (Å²) in [5.41, 5.74) is 2.09. The van der Waals surface area contributed by atoms with Gasteiger partial charge in [0.05, 0.1) is 0 Å². The quantitative estimate of drug-likeness (QED) is 0.728. The van der Waals surface area contributed by atoms with E-state index in [-0.39, 0.29) is 0 Å². The summed E-state index contributed by atoms with van der Waals surface area (Å²) < 4.78 is 6.94. The SMILES string of the molecule is Cc1cc(Br)ccc1-c1nnc(I)o1. The van der Waals surface area contributed by atoms with E-state index in [0.29, 0.717) is 9.79 Å². The van der Waals surface area contributed by atoms with Crippen LogP contribution in [0.3, 0.4) is 0 Å². The van der Waals surface area contributed by atoms with Crippen molar-refractivity contribution in [1.29, 1.82) is 0 Å². The minimum Gasteiger partial charge on any atom is -0.412 e. The molecule has 0 spiro atoms. The van der Waals surface area contributed by atoms with Crippen LogP contribution < -0.4 is 0 Å². The van der Waals surface area contributed by atoms with Gasteiger partial charge >= 0.3 is 0 Å². The summed E-state index contributed by atoms with van der Waals surface area (Å²) in [5, 5.41) is 7.75. The predicted octanol–water partition coefficient (Wildman–Crippen LogP) is 3.41. The van der Waals surface area contributed by atoms with Gasteiger partial charge in [-0.3, -0.25) is 0 Å². The third kappa shape index (κ3) is 1.98. The molecule has 0 radical (unpaired) electrons. The summed E-state index contributed by atoms with van der Waals surface area (Å²) in [4.78, 5) is 0. The third-order valence-electron chi connectivity index (χ3n) is 1.82. The average molecular weight is 365 g/mol. The first-order valence-corrected chi connectivity index (χ1v) is 5.79. The van der Waals surface area contributed by atoms with Gasteiger partial charge in [0.15, 0.2) is 0 Å². The van der Waals surface area contributed by atoms with Crippen LogP contribution in [0.1, 0.15) is 5.56 Å². The van der Waals surface area contributed by atoms with Crippen LogP contribution in [0.15, 0.2) is 27.1 Å². The van der Waals surface area contributed by atoms with Crippen molar-refractivity contribution in [2.24, 2.45) is 0 Å². The Morgan fingerprint density at radius 1 is 1.36 bits per heavy atom. The Labute approximate surface area is 103 Å². The Balaban J connectivity index is 2.52. The van der Waals surface area contributed by atoms with Gasteiger partial charge in [0, 0.05) is 32.6 Å². The van der Waals surface area contributed by atoms with Crippen LogP contribution in [-0.2, 0) is 0 Å². The van der Waals surface area contributed by atoms with E-state index in [1.54, 1.807) is 0 Å². The molecule has 0 aliphatic carbocycles. The van der Waals surface area contributed by atoms with Crippen LogP contribution in [-0.4, -0.2) is 10.2 Å². The first-order chi connectivity index (χ1) is 6.66. The highest BCUT2D eigenvalue weighted by Gasteiger charge is 2.09. The zero-order valence-electron chi connectivity index (χ0n) is 7.29. The summed E-state index contributed by atoms with van der Waals surface area (Å²) >= 11 is 5.40. The van der Waals surface area contributed by atoms with E-state index in [0.717, 1.165) is 15.6 Å². The van der Waals surface area contributed by atoms with Crippen LogP contribution in [0.4, 0.5) is 0 Å². The molecular weight excluding hydrogens is 359 g/mol. The second-order valence-corrected chi connectivity index (χ2v) is 4.66. The number of halogens is 2. The van der Waals surface area contributed by atoms with Crippen molar-refractivity contribution in [2.45, 2.75) is 6.92 Å². The van der Waals surface area contributed by atoms with E-state index in [9.17, 15) is 0 Å². The van der Waals surface area contributed by atoms with Gasteiger partial charge in [-0.25, -0.2) is 0 Å². The molecule has 1 aromatic carbocycles. The van der Waals surface area contributed by atoms with Crippen molar-refractivity contribution >= 4 is 38.5 Å². The molecule has 2 aromatic rings. The van der Waals surface area contributed by atoms with Gasteiger partial charge in [-0.1, -0.05) is 15.9 Å². The molecule has 2 rings (SSSR count). The molecule has 0 unspecified atom stereocenters. The lowest BCUT2D eigenvalue weighted by Gasteiger charge is -2.00. The van der Waals surface area contributed by atoms with E-state index in [1.165, 1.54) is 0 Å². The fourth-order valence-corrected chi connectivity index (χ4v) is 1.97. The Morgan fingerprint density at radius 3 is 2.71 bits per heavy atom. The molecule has 0 saturated carbocycles. The number of nitrogens with zero attached hydrogens (tertiary/aromatic N) is 2. The van der Waals surface area contributed by atoms with Crippen molar-refractivity contribution in [1.82, 2.24) is 10.2 Å². The van der Waals surface area contributed by atoms with E-state index in [1.807, 2.05) is 47.7 Å². The molecule has 0 amide bonds. The second-order valence-electron chi connectivity index (χ2n) is 2.82. The highest BCUT2D eigenvalue weighted by molar-refractivity contribution is 14.1. The van der Waals surface area contributed by atoms with E-state index in [4.69, 9.17) is 4.42 Å². The van der Waals surface area contributed by atoms with Crippen molar-refractivity contribution in [2.75, 3.05) is 0 Å². The molecule has 0 atom stereocenters. The predicted molar refractivity (Wildman–Crippen MR) is 64.9 cm³/mol. The van der Waals surface area contributed by atoms with Gasteiger partial charge < -0.3 is 4.42 Å². The largest absolute Gasteiger partial charge is 0.412 e. The molecule has 0 fully saturated rings. The molecule has 0 bridgehead atoms. The molecule has 0 saturated heterocycles. The molecule has 0 aliphatic rings. The summed E-state index contributed by atoms with van der Waals surface area (Å²) in [5.74, 6) is 0.569. The number of benzene rings is 1. The van der Waals surface area contributed by atoms with Gasteiger partial charge in [0.2, 0.25) is 5.89 Å². The maximum atomic E-state index is 5.34. The number of aryl methyl sites for hydroxylation is 1. The van der Waals surface area contributed by atoms with Crippen molar-refractivity contribution in [3.63, 3.8) is 0 Å². The number of hydrogen-bond acceptors (Lipinski definition) is 3. The first kappa shape index (κ1) is 10.1. The van der Waals surface area contributed by atoms with E-state index >= 15 is 0 Å². The second kappa shape index (κ2) is 3.98. The Morgan fingerprint density at radius 2 is 2.14 bits per heavy atom. The summed E-state index contributed by atoms with van der Waals surface area (Å²) in [7, 11) is 0. The van der Waals surface area contributed by atoms with Crippen LogP contribution in [0.25, 0.3) is 11.5 Å². The molecule has 5 heteroatoms. The first-order valence-electron chi connectivity index (χ1n) is 3.92. The maximum absolute atomic E-state index is 5.34. The van der Waals surface area contributed by atoms with Gasteiger partial charge in [-0.05, 0) is 30.7 Å². The molecule has 14 heavy (non-hydrogen) atoms. The van der Waals surface area contributed by atoms with Crippen molar-refractivity contribution in [3.8, 4) is 11.5 Å². The lowest BCUT2D eigenvalue weighted by molar-refractivity contribution is 0.536. The highest BCUT2D eigenvalue weighted by atomic mass is 127. The van der Waals surface area contributed by atoms with E-state index in [2.05, 4.69) is 26.1 Å². The highest BCUT2D eigenvalue weighted by Crippen LogP contribution is 2.25. The minimum absolute atomic E-state index is 0.555. The van der Waals surface area contributed by atoms with Crippen LogP contribution in [0, 0.1) is 10.8 Å². The number of aromatic nitrogens is 2. The summed E-state index contributed by atoms with van der Waals surface area (Å²) in [6.45, 7) is 2.01. The fourth-order valence-electron chi connectivity index (χ4n) is 1.18. The molecule has 1 heterocycles. The lowest BCUT2D eigenvalue weighted by Crippen LogP contribution is -1.83. The number of hydrogen-bond donors (Lipinski definition) is 0.